The topological polar surface area (TPSA) is 43.8 Å². The molecule has 0 aliphatic rings. The highest BCUT2D eigenvalue weighted by Crippen LogP contribution is 2.20. The normalized spacial score (nSPS) is 12.6. The number of aryl methyl sites for hydroxylation is 1. The molecule has 0 radical (unpaired) electrons. The van der Waals surface area contributed by atoms with Gasteiger partial charge in [-0.3, -0.25) is 0 Å². The minimum atomic E-state index is 0.320. The second-order valence-electron chi connectivity index (χ2n) is 4.20. The largest absolute Gasteiger partial charge is 0.330 e. The Labute approximate surface area is 110 Å². The molecule has 2 N–H and O–H groups in total. The summed E-state index contributed by atoms with van der Waals surface area (Å²) in [5.74, 6) is 0.320. The highest BCUT2D eigenvalue weighted by molar-refractivity contribution is 9.10. The van der Waals surface area contributed by atoms with Crippen molar-refractivity contribution in [3.05, 3.63) is 52.5 Å². The second-order valence-corrected chi connectivity index (χ2v) is 4.90. The lowest BCUT2D eigenvalue weighted by Gasteiger charge is -2.17. The molecule has 2 aromatic rings. The summed E-state index contributed by atoms with van der Waals surface area (Å²) < 4.78 is 2.92. The molecule has 4 heteroatoms. The van der Waals surface area contributed by atoms with E-state index in [1.807, 2.05) is 6.20 Å². The highest BCUT2D eigenvalue weighted by atomic mass is 79.9. The van der Waals surface area contributed by atoms with E-state index < -0.39 is 0 Å². The van der Waals surface area contributed by atoms with Crippen LogP contribution in [0.2, 0.25) is 0 Å². The maximum absolute atomic E-state index is 5.87. The van der Waals surface area contributed by atoms with Crippen LogP contribution in [0.15, 0.2) is 41.4 Å². The Morgan fingerprint density at radius 3 is 2.88 bits per heavy atom. The summed E-state index contributed by atoms with van der Waals surface area (Å²) in [7, 11) is 0. The number of nitrogens with two attached hydrogens (primary N) is 1. The van der Waals surface area contributed by atoms with Gasteiger partial charge in [-0.2, -0.15) is 0 Å². The van der Waals surface area contributed by atoms with E-state index in [9.17, 15) is 0 Å². The van der Waals surface area contributed by atoms with Crippen molar-refractivity contribution >= 4 is 15.9 Å². The molecule has 0 saturated carbocycles. The number of hydrogen-bond donors (Lipinski definition) is 1. The van der Waals surface area contributed by atoms with Crippen LogP contribution in [0.4, 0.5) is 0 Å². The summed E-state index contributed by atoms with van der Waals surface area (Å²) in [5, 5.41) is 0. The predicted molar refractivity (Wildman–Crippen MR) is 72.9 cm³/mol. The average Bonchev–Trinajstić information content (AvgIpc) is 2.71. The third-order valence-corrected chi connectivity index (χ3v) is 3.54. The quantitative estimate of drug-likeness (QED) is 0.942. The van der Waals surface area contributed by atoms with Gasteiger partial charge in [-0.1, -0.05) is 29.8 Å². The van der Waals surface area contributed by atoms with Gasteiger partial charge in [0, 0.05) is 31.4 Å². The van der Waals surface area contributed by atoms with Crippen LogP contribution in [0.25, 0.3) is 0 Å². The molecule has 0 aliphatic heterocycles. The summed E-state index contributed by atoms with van der Waals surface area (Å²) in [4.78, 5) is 4.15. The minimum Gasteiger partial charge on any atom is -0.330 e. The van der Waals surface area contributed by atoms with Crippen molar-refractivity contribution in [1.29, 1.82) is 0 Å². The summed E-state index contributed by atoms with van der Waals surface area (Å²) >= 11 is 3.42. The van der Waals surface area contributed by atoms with E-state index in [1.54, 1.807) is 6.20 Å². The first-order valence-electron chi connectivity index (χ1n) is 5.64. The number of hydrogen-bond acceptors (Lipinski definition) is 2. The summed E-state index contributed by atoms with van der Waals surface area (Å²) in [6.07, 6.45) is 3.75. The Kier molecular flexibility index (Phi) is 3.97. The molecule has 2 rings (SSSR count). The van der Waals surface area contributed by atoms with Gasteiger partial charge in [-0.05, 0) is 28.4 Å². The monoisotopic (exact) mass is 293 g/mol. The third kappa shape index (κ3) is 2.96. The van der Waals surface area contributed by atoms with Crippen LogP contribution < -0.4 is 5.73 Å². The smallest absolute Gasteiger partial charge is 0.177 e. The van der Waals surface area contributed by atoms with E-state index in [0.29, 0.717) is 12.5 Å². The van der Waals surface area contributed by atoms with Crippen LogP contribution in [0.5, 0.6) is 0 Å². The minimum absolute atomic E-state index is 0.320. The number of imidazole rings is 1. The molecule has 0 bridgehead atoms. The average molecular weight is 294 g/mol. The van der Waals surface area contributed by atoms with Gasteiger partial charge in [0.2, 0.25) is 0 Å². The van der Waals surface area contributed by atoms with Crippen molar-refractivity contribution < 1.29 is 0 Å². The Hall–Kier alpha value is -1.13. The summed E-state index contributed by atoms with van der Waals surface area (Å²) in [6.45, 7) is 3.58. The molecule has 1 aromatic heterocycles. The van der Waals surface area contributed by atoms with Crippen LogP contribution in [-0.2, 0) is 6.54 Å². The second kappa shape index (κ2) is 5.47. The van der Waals surface area contributed by atoms with E-state index in [-0.39, 0.29) is 0 Å². The molecular formula is C13H16BrN3. The zero-order chi connectivity index (χ0) is 12.3. The van der Waals surface area contributed by atoms with Gasteiger partial charge < -0.3 is 10.3 Å². The van der Waals surface area contributed by atoms with E-state index in [1.165, 1.54) is 11.1 Å². The third-order valence-electron chi connectivity index (χ3n) is 2.88. The summed E-state index contributed by atoms with van der Waals surface area (Å²) in [5.41, 5.74) is 8.43. The Balaban J connectivity index is 2.20. The summed E-state index contributed by atoms with van der Waals surface area (Å²) in [6, 6.07) is 8.51. The number of halogens is 1. The lowest BCUT2D eigenvalue weighted by molar-refractivity contribution is 0.558. The van der Waals surface area contributed by atoms with Gasteiger partial charge in [0.25, 0.3) is 0 Å². The van der Waals surface area contributed by atoms with Crippen molar-refractivity contribution in [2.45, 2.75) is 19.4 Å². The van der Waals surface area contributed by atoms with Crippen molar-refractivity contribution in [2.24, 2.45) is 5.73 Å². The van der Waals surface area contributed by atoms with Gasteiger partial charge in [-0.15, -0.1) is 0 Å². The van der Waals surface area contributed by atoms with Crippen LogP contribution in [0.1, 0.15) is 17.0 Å². The Morgan fingerprint density at radius 2 is 2.29 bits per heavy atom. The van der Waals surface area contributed by atoms with Crippen LogP contribution in [0, 0.1) is 6.92 Å². The maximum atomic E-state index is 5.87. The van der Waals surface area contributed by atoms with Crippen LogP contribution >= 0.6 is 15.9 Å². The molecule has 3 nitrogen and oxygen atoms in total. The van der Waals surface area contributed by atoms with E-state index in [2.05, 4.69) is 56.7 Å². The van der Waals surface area contributed by atoms with Crippen LogP contribution in [-0.4, -0.2) is 16.1 Å². The first-order chi connectivity index (χ1) is 8.20. The SMILES string of the molecule is Cc1cccc(C(CN)Cn2ccnc2Br)c1. The fourth-order valence-electron chi connectivity index (χ4n) is 1.92. The maximum Gasteiger partial charge on any atom is 0.177 e. The molecule has 0 amide bonds. The number of benzene rings is 1. The van der Waals surface area contributed by atoms with E-state index in [0.717, 1.165) is 11.3 Å². The predicted octanol–water partition coefficient (Wildman–Crippen LogP) is 2.70. The molecule has 0 spiro atoms. The molecule has 0 aliphatic carbocycles. The van der Waals surface area contributed by atoms with Crippen molar-refractivity contribution in [1.82, 2.24) is 9.55 Å². The molecule has 0 saturated heterocycles. The molecule has 1 heterocycles. The molecule has 0 fully saturated rings. The Bertz CT molecular complexity index is 493. The van der Waals surface area contributed by atoms with Gasteiger partial charge >= 0.3 is 0 Å². The zero-order valence-electron chi connectivity index (χ0n) is 9.81. The van der Waals surface area contributed by atoms with Crippen molar-refractivity contribution in [3.8, 4) is 0 Å². The van der Waals surface area contributed by atoms with Crippen LogP contribution in [0.3, 0.4) is 0 Å². The lowest BCUT2D eigenvalue weighted by Crippen LogP contribution is -2.18. The molecule has 17 heavy (non-hydrogen) atoms. The van der Waals surface area contributed by atoms with Gasteiger partial charge in [0.05, 0.1) is 0 Å². The molecule has 1 atom stereocenters. The van der Waals surface area contributed by atoms with Crippen molar-refractivity contribution in [3.63, 3.8) is 0 Å². The fourth-order valence-corrected chi connectivity index (χ4v) is 2.31. The number of aromatic nitrogens is 2. The first-order valence-corrected chi connectivity index (χ1v) is 6.43. The molecule has 90 valence electrons. The number of nitrogens with zero attached hydrogens (tertiary/aromatic N) is 2. The van der Waals surface area contributed by atoms with Gasteiger partial charge in [0.1, 0.15) is 0 Å². The first kappa shape index (κ1) is 12.3. The van der Waals surface area contributed by atoms with E-state index in [4.69, 9.17) is 5.73 Å². The highest BCUT2D eigenvalue weighted by Gasteiger charge is 2.11. The van der Waals surface area contributed by atoms with Gasteiger partial charge in [-0.25, -0.2) is 4.98 Å². The lowest BCUT2D eigenvalue weighted by atomic mass is 9.97. The standard InChI is InChI=1S/C13H16BrN3/c1-10-3-2-4-11(7-10)12(8-15)9-17-6-5-16-13(17)14/h2-7,12H,8-9,15H2,1H3. The fraction of sp³-hybridized carbons (Fsp3) is 0.308. The molecule has 1 unspecified atom stereocenters. The molecular weight excluding hydrogens is 278 g/mol. The molecule has 1 aromatic carbocycles. The number of rotatable bonds is 4. The van der Waals surface area contributed by atoms with Gasteiger partial charge in [0.15, 0.2) is 4.73 Å². The zero-order valence-corrected chi connectivity index (χ0v) is 11.4. The van der Waals surface area contributed by atoms with Crippen molar-refractivity contribution in [2.75, 3.05) is 6.54 Å². The Morgan fingerprint density at radius 1 is 1.47 bits per heavy atom. The van der Waals surface area contributed by atoms with E-state index >= 15 is 0 Å².